The Bertz CT molecular complexity index is 1180. The summed E-state index contributed by atoms with van der Waals surface area (Å²) < 4.78 is 46.4. The van der Waals surface area contributed by atoms with Crippen molar-refractivity contribution in [2.75, 3.05) is 0 Å². The summed E-state index contributed by atoms with van der Waals surface area (Å²) >= 11 is 0.827. The molecule has 0 N–H and O–H groups in total. The van der Waals surface area contributed by atoms with Gasteiger partial charge >= 0.3 is 6.36 Å². The Labute approximate surface area is 185 Å². The quantitative estimate of drug-likeness (QED) is 0.414. The summed E-state index contributed by atoms with van der Waals surface area (Å²) in [5, 5.41) is -0.367. The number of hydrogen-bond acceptors (Lipinski definition) is 5. The first-order valence-electron chi connectivity index (χ1n) is 9.45. The summed E-state index contributed by atoms with van der Waals surface area (Å²) in [6.07, 6.45) is -3.29. The number of amides is 2. The van der Waals surface area contributed by atoms with Gasteiger partial charge in [0.05, 0.1) is 11.4 Å². The van der Waals surface area contributed by atoms with Gasteiger partial charge in [-0.15, -0.1) is 13.2 Å². The lowest BCUT2D eigenvalue weighted by Gasteiger charge is -2.12. The second-order valence-corrected chi connectivity index (χ2v) is 8.02. The number of nitrogens with zero attached hydrogens (tertiary/aromatic N) is 1. The van der Waals surface area contributed by atoms with E-state index in [1.807, 2.05) is 31.2 Å². The molecule has 1 fully saturated rings. The normalized spacial score (nSPS) is 15.6. The number of carbonyl (C=O) groups excluding carboxylic acids is 2. The largest absolute Gasteiger partial charge is 0.573 e. The minimum Gasteiger partial charge on any atom is -0.457 e. The molecule has 9 heteroatoms. The second kappa shape index (κ2) is 8.58. The van der Waals surface area contributed by atoms with Gasteiger partial charge in [0.1, 0.15) is 17.3 Å². The molecule has 2 aromatic carbocycles. The van der Waals surface area contributed by atoms with Crippen LogP contribution in [0.4, 0.5) is 18.0 Å². The molecule has 5 nitrogen and oxygen atoms in total. The van der Waals surface area contributed by atoms with E-state index in [0.29, 0.717) is 17.1 Å². The summed E-state index contributed by atoms with van der Waals surface area (Å²) in [6.45, 7) is 2.13. The molecular formula is C23H16F3NO4S. The Morgan fingerprint density at radius 3 is 2.34 bits per heavy atom. The second-order valence-electron chi connectivity index (χ2n) is 7.03. The van der Waals surface area contributed by atoms with Crippen LogP contribution in [0.1, 0.15) is 16.9 Å². The lowest BCUT2D eigenvalue weighted by molar-refractivity contribution is -0.274. The number of imide groups is 1. The molecule has 2 heterocycles. The molecule has 4 rings (SSSR count). The molecule has 0 unspecified atom stereocenters. The van der Waals surface area contributed by atoms with Gasteiger partial charge in [-0.3, -0.25) is 14.5 Å². The number of rotatable bonds is 5. The number of thioether (sulfide) groups is 1. The summed E-state index contributed by atoms with van der Waals surface area (Å²) in [5.41, 5.74) is 2.46. The van der Waals surface area contributed by atoms with Crippen molar-refractivity contribution in [2.45, 2.75) is 19.8 Å². The molecule has 1 aliphatic heterocycles. The zero-order valence-electron chi connectivity index (χ0n) is 16.7. The van der Waals surface area contributed by atoms with Crippen molar-refractivity contribution in [1.29, 1.82) is 0 Å². The van der Waals surface area contributed by atoms with Crippen LogP contribution < -0.4 is 4.74 Å². The Balaban J connectivity index is 1.47. The van der Waals surface area contributed by atoms with Crippen LogP contribution in [0.3, 0.4) is 0 Å². The third-order valence-electron chi connectivity index (χ3n) is 4.61. The van der Waals surface area contributed by atoms with E-state index in [0.717, 1.165) is 22.9 Å². The number of ether oxygens (including phenoxy) is 1. The highest BCUT2D eigenvalue weighted by Gasteiger charge is 2.35. The number of halogens is 3. The third-order valence-corrected chi connectivity index (χ3v) is 5.51. The fourth-order valence-corrected chi connectivity index (χ4v) is 3.87. The van der Waals surface area contributed by atoms with Crippen molar-refractivity contribution >= 4 is 29.0 Å². The molecule has 3 aromatic rings. The van der Waals surface area contributed by atoms with Gasteiger partial charge in [0.25, 0.3) is 11.1 Å². The first-order chi connectivity index (χ1) is 15.2. The Morgan fingerprint density at radius 1 is 1.00 bits per heavy atom. The van der Waals surface area contributed by atoms with Crippen LogP contribution in [-0.2, 0) is 11.3 Å². The van der Waals surface area contributed by atoms with Crippen molar-refractivity contribution < 1.29 is 31.9 Å². The molecule has 1 aromatic heterocycles. The smallest absolute Gasteiger partial charge is 0.457 e. The maximum absolute atomic E-state index is 12.7. The molecule has 2 amide bonds. The number of furan rings is 1. The van der Waals surface area contributed by atoms with Gasteiger partial charge in [0, 0.05) is 11.6 Å². The molecule has 0 bridgehead atoms. The summed E-state index contributed by atoms with van der Waals surface area (Å²) in [7, 11) is 0. The van der Waals surface area contributed by atoms with Gasteiger partial charge in [0.15, 0.2) is 0 Å². The van der Waals surface area contributed by atoms with E-state index in [-0.39, 0.29) is 22.4 Å². The molecule has 1 aliphatic rings. The average Bonchev–Trinajstić information content (AvgIpc) is 3.29. The monoisotopic (exact) mass is 459 g/mol. The van der Waals surface area contributed by atoms with Gasteiger partial charge in [0.2, 0.25) is 0 Å². The number of benzene rings is 2. The highest BCUT2D eigenvalue weighted by atomic mass is 32.2. The number of hydrogen-bond donors (Lipinski definition) is 0. The van der Waals surface area contributed by atoms with Crippen molar-refractivity contribution in [3.8, 4) is 17.1 Å². The molecule has 164 valence electrons. The maximum Gasteiger partial charge on any atom is 0.573 e. The minimum atomic E-state index is -4.76. The van der Waals surface area contributed by atoms with Gasteiger partial charge in [-0.2, -0.15) is 0 Å². The molecule has 0 saturated carbocycles. The van der Waals surface area contributed by atoms with E-state index in [4.69, 9.17) is 4.42 Å². The SMILES string of the molecule is Cc1ccc(CN2C(=O)S/C(=C\c3ccc(-c4ccc(OC(F)(F)F)cc4)o3)C2=O)cc1. The van der Waals surface area contributed by atoms with Crippen molar-refractivity contribution in [2.24, 2.45) is 0 Å². The van der Waals surface area contributed by atoms with Gasteiger partial charge < -0.3 is 9.15 Å². The van der Waals surface area contributed by atoms with Crippen LogP contribution >= 0.6 is 11.8 Å². The van der Waals surface area contributed by atoms with Gasteiger partial charge in [-0.1, -0.05) is 29.8 Å². The van der Waals surface area contributed by atoms with E-state index >= 15 is 0 Å². The Morgan fingerprint density at radius 2 is 1.69 bits per heavy atom. The zero-order chi connectivity index (χ0) is 22.9. The fraction of sp³-hybridized carbons (Fsp3) is 0.130. The lowest BCUT2D eigenvalue weighted by Crippen LogP contribution is -2.27. The number of carbonyl (C=O) groups is 2. The molecule has 0 radical (unpaired) electrons. The van der Waals surface area contributed by atoms with E-state index in [1.54, 1.807) is 12.1 Å². The predicted molar refractivity (Wildman–Crippen MR) is 114 cm³/mol. The Kier molecular flexibility index (Phi) is 5.84. The minimum absolute atomic E-state index is 0.179. The summed E-state index contributed by atoms with van der Waals surface area (Å²) in [5.74, 6) is -0.00685. The highest BCUT2D eigenvalue weighted by Crippen LogP contribution is 2.34. The molecular weight excluding hydrogens is 443 g/mol. The fourth-order valence-electron chi connectivity index (χ4n) is 3.05. The molecule has 0 atom stereocenters. The van der Waals surface area contributed by atoms with Crippen LogP contribution in [0, 0.1) is 6.92 Å². The van der Waals surface area contributed by atoms with E-state index < -0.39 is 12.3 Å². The van der Waals surface area contributed by atoms with Crippen LogP contribution in [0.5, 0.6) is 5.75 Å². The standard InChI is InChI=1S/C23H16F3NO4S/c1-14-2-4-15(5-3-14)13-27-21(28)20(32-22(27)29)12-18-10-11-19(30-18)16-6-8-17(9-7-16)31-23(24,25)26/h2-12H,13H2,1H3/b20-12-. The van der Waals surface area contributed by atoms with Crippen molar-refractivity contribution in [3.63, 3.8) is 0 Å². The highest BCUT2D eigenvalue weighted by molar-refractivity contribution is 8.18. The third kappa shape index (κ3) is 5.05. The Hall–Kier alpha value is -3.46. The molecule has 32 heavy (non-hydrogen) atoms. The number of alkyl halides is 3. The molecule has 0 spiro atoms. The van der Waals surface area contributed by atoms with Crippen molar-refractivity contribution in [3.05, 3.63) is 82.5 Å². The molecule has 0 aliphatic carbocycles. The zero-order valence-corrected chi connectivity index (χ0v) is 17.5. The summed E-state index contributed by atoms with van der Waals surface area (Å²) in [6, 6.07) is 16.0. The van der Waals surface area contributed by atoms with E-state index in [2.05, 4.69) is 4.74 Å². The van der Waals surface area contributed by atoms with Crippen LogP contribution in [0.25, 0.3) is 17.4 Å². The van der Waals surface area contributed by atoms with E-state index in [9.17, 15) is 22.8 Å². The van der Waals surface area contributed by atoms with Gasteiger partial charge in [-0.05, 0) is 60.6 Å². The van der Waals surface area contributed by atoms with E-state index in [1.165, 1.54) is 35.2 Å². The molecule has 1 saturated heterocycles. The first-order valence-corrected chi connectivity index (χ1v) is 10.3. The van der Waals surface area contributed by atoms with Crippen LogP contribution in [0.15, 0.2) is 70.0 Å². The van der Waals surface area contributed by atoms with Gasteiger partial charge in [-0.25, -0.2) is 0 Å². The predicted octanol–water partition coefficient (Wildman–Crippen LogP) is 6.39. The van der Waals surface area contributed by atoms with Crippen LogP contribution in [0.2, 0.25) is 0 Å². The average molecular weight is 459 g/mol. The number of aryl methyl sites for hydroxylation is 1. The van der Waals surface area contributed by atoms with Crippen molar-refractivity contribution in [1.82, 2.24) is 4.90 Å². The van der Waals surface area contributed by atoms with Crippen LogP contribution in [-0.4, -0.2) is 22.4 Å². The summed E-state index contributed by atoms with van der Waals surface area (Å²) in [4.78, 5) is 26.4. The maximum atomic E-state index is 12.7. The topological polar surface area (TPSA) is 59.8 Å². The lowest BCUT2D eigenvalue weighted by atomic mass is 10.1. The first kappa shape index (κ1) is 21.8.